The largest absolute Gasteiger partial charge is 0.497 e. The van der Waals surface area contributed by atoms with Crippen molar-refractivity contribution >= 4 is 17.8 Å². The van der Waals surface area contributed by atoms with Crippen LogP contribution in [0.2, 0.25) is 0 Å². The van der Waals surface area contributed by atoms with Crippen molar-refractivity contribution in [1.82, 2.24) is 19.8 Å². The number of aryl methyl sites for hydroxylation is 2. The zero-order chi connectivity index (χ0) is 24.8. The molecule has 1 aliphatic rings. The van der Waals surface area contributed by atoms with Crippen LogP contribution < -0.4 is 4.74 Å². The molecule has 1 aliphatic heterocycles. The summed E-state index contributed by atoms with van der Waals surface area (Å²) < 4.78 is 15.3. The topological polar surface area (TPSA) is 111 Å². The minimum Gasteiger partial charge on any atom is -0.497 e. The van der Waals surface area contributed by atoms with E-state index < -0.39 is 11.9 Å². The lowest BCUT2D eigenvalue weighted by molar-refractivity contribution is 0.0369. The molecule has 182 valence electrons. The molecule has 0 aliphatic carbocycles. The highest BCUT2D eigenvalue weighted by Gasteiger charge is 2.34. The van der Waals surface area contributed by atoms with Crippen LogP contribution in [0.4, 0.5) is 0 Å². The summed E-state index contributed by atoms with van der Waals surface area (Å²) in [5, 5.41) is 0. The van der Waals surface area contributed by atoms with E-state index in [2.05, 4.69) is 9.97 Å². The van der Waals surface area contributed by atoms with Crippen molar-refractivity contribution in [2.45, 2.75) is 26.8 Å². The number of rotatable bonds is 7. The molecule has 2 amide bonds. The molecule has 0 bridgehead atoms. The second-order valence-corrected chi connectivity index (χ2v) is 8.04. The maximum Gasteiger partial charge on any atom is 0.342 e. The van der Waals surface area contributed by atoms with Gasteiger partial charge in [-0.2, -0.15) is 0 Å². The van der Waals surface area contributed by atoms with Crippen LogP contribution in [0.3, 0.4) is 0 Å². The van der Waals surface area contributed by atoms with Crippen LogP contribution in [-0.2, 0) is 9.47 Å². The number of ether oxygens (including phenoxy) is 3. The number of carbonyl (C=O) groups excluding carboxylic acids is 3. The summed E-state index contributed by atoms with van der Waals surface area (Å²) in [4.78, 5) is 50.9. The molecule has 1 aromatic carbocycles. The zero-order valence-corrected chi connectivity index (χ0v) is 20.2. The summed E-state index contributed by atoms with van der Waals surface area (Å²) in [6, 6.07) is 6.70. The summed E-state index contributed by atoms with van der Waals surface area (Å²) >= 11 is 0. The van der Waals surface area contributed by atoms with Gasteiger partial charge in [-0.05, 0) is 45.0 Å². The van der Waals surface area contributed by atoms with Gasteiger partial charge in [-0.3, -0.25) is 9.59 Å². The fourth-order valence-corrected chi connectivity index (χ4v) is 3.89. The highest BCUT2D eigenvalue weighted by Crippen LogP contribution is 2.20. The quantitative estimate of drug-likeness (QED) is 0.446. The van der Waals surface area contributed by atoms with Crippen LogP contribution in [0.5, 0.6) is 5.75 Å². The molecule has 3 rings (SSSR count). The molecule has 1 saturated heterocycles. The lowest BCUT2D eigenvalue weighted by Gasteiger charge is -2.40. The third-order valence-electron chi connectivity index (χ3n) is 5.64. The van der Waals surface area contributed by atoms with Gasteiger partial charge in [-0.25, -0.2) is 14.8 Å². The summed E-state index contributed by atoms with van der Waals surface area (Å²) in [5.74, 6) is -0.115. The van der Waals surface area contributed by atoms with Crippen molar-refractivity contribution in [2.24, 2.45) is 0 Å². The van der Waals surface area contributed by atoms with Crippen LogP contribution in [-0.4, -0.2) is 90.7 Å². The Labute approximate surface area is 198 Å². The molecule has 0 saturated carbocycles. The van der Waals surface area contributed by atoms with Gasteiger partial charge in [0.15, 0.2) is 0 Å². The van der Waals surface area contributed by atoms with E-state index in [4.69, 9.17) is 14.2 Å². The first kappa shape index (κ1) is 25.1. The third kappa shape index (κ3) is 5.51. The van der Waals surface area contributed by atoms with Crippen molar-refractivity contribution in [1.29, 1.82) is 0 Å². The molecular formula is C24H30N4O6. The van der Waals surface area contributed by atoms with E-state index in [-0.39, 0.29) is 36.4 Å². The molecule has 0 N–H and O–H groups in total. The number of piperazine rings is 1. The van der Waals surface area contributed by atoms with E-state index in [1.165, 1.54) is 7.11 Å². The Morgan fingerprint density at radius 1 is 1.00 bits per heavy atom. The van der Waals surface area contributed by atoms with Gasteiger partial charge >= 0.3 is 5.97 Å². The SMILES string of the molecule is COCCOC(=O)c1c(C)nc(C)nc1C(=O)N1CCN(C(=O)c2ccc(OC)cc2)C(C)C1. The van der Waals surface area contributed by atoms with Crippen LogP contribution >= 0.6 is 0 Å². The molecule has 10 heteroatoms. The van der Waals surface area contributed by atoms with Crippen molar-refractivity contribution < 1.29 is 28.6 Å². The highest BCUT2D eigenvalue weighted by molar-refractivity contribution is 6.04. The van der Waals surface area contributed by atoms with Gasteiger partial charge in [0.25, 0.3) is 11.8 Å². The number of aromatic nitrogens is 2. The van der Waals surface area contributed by atoms with Crippen LogP contribution in [0.15, 0.2) is 24.3 Å². The molecule has 1 atom stereocenters. The Morgan fingerprint density at radius 2 is 1.71 bits per heavy atom. The number of nitrogens with zero attached hydrogens (tertiary/aromatic N) is 4. The minimum atomic E-state index is -0.667. The predicted molar refractivity (Wildman–Crippen MR) is 123 cm³/mol. The van der Waals surface area contributed by atoms with Gasteiger partial charge in [0, 0.05) is 38.3 Å². The number of hydrogen-bond donors (Lipinski definition) is 0. The highest BCUT2D eigenvalue weighted by atomic mass is 16.6. The van der Waals surface area contributed by atoms with E-state index in [9.17, 15) is 14.4 Å². The molecule has 34 heavy (non-hydrogen) atoms. The summed E-state index contributed by atoms with van der Waals surface area (Å²) in [5.41, 5.74) is 0.987. The fraction of sp³-hybridized carbons (Fsp3) is 0.458. The van der Waals surface area contributed by atoms with Crippen molar-refractivity contribution in [3.63, 3.8) is 0 Å². The molecule has 2 aromatic rings. The Hall–Kier alpha value is -3.53. The number of methoxy groups -OCH3 is 2. The first-order valence-electron chi connectivity index (χ1n) is 11.0. The average Bonchev–Trinajstić information content (AvgIpc) is 2.82. The molecular weight excluding hydrogens is 440 g/mol. The monoisotopic (exact) mass is 470 g/mol. The van der Waals surface area contributed by atoms with E-state index in [1.54, 1.807) is 55.0 Å². The zero-order valence-electron chi connectivity index (χ0n) is 20.2. The van der Waals surface area contributed by atoms with E-state index >= 15 is 0 Å². The number of amides is 2. The molecule has 0 spiro atoms. The lowest BCUT2D eigenvalue weighted by Crippen LogP contribution is -2.55. The average molecular weight is 471 g/mol. The van der Waals surface area contributed by atoms with E-state index in [1.807, 2.05) is 6.92 Å². The fourth-order valence-electron chi connectivity index (χ4n) is 3.89. The van der Waals surface area contributed by atoms with E-state index in [0.717, 1.165) is 0 Å². The molecule has 10 nitrogen and oxygen atoms in total. The van der Waals surface area contributed by atoms with Gasteiger partial charge in [-0.1, -0.05) is 0 Å². The molecule has 2 heterocycles. The second kappa shape index (κ2) is 11.1. The second-order valence-electron chi connectivity index (χ2n) is 8.04. The van der Waals surface area contributed by atoms with Crippen LogP contribution in [0, 0.1) is 13.8 Å². The number of carbonyl (C=O) groups is 3. The summed E-state index contributed by atoms with van der Waals surface area (Å²) in [6.07, 6.45) is 0. The number of hydrogen-bond acceptors (Lipinski definition) is 8. The van der Waals surface area contributed by atoms with E-state index in [0.29, 0.717) is 42.5 Å². The normalized spacial score (nSPS) is 15.7. The Kier molecular flexibility index (Phi) is 8.17. The van der Waals surface area contributed by atoms with Crippen molar-refractivity contribution in [2.75, 3.05) is 47.1 Å². The van der Waals surface area contributed by atoms with Gasteiger partial charge < -0.3 is 24.0 Å². The first-order chi connectivity index (χ1) is 16.3. The van der Waals surface area contributed by atoms with Crippen molar-refractivity contribution in [3.8, 4) is 5.75 Å². The Bertz CT molecular complexity index is 1060. The van der Waals surface area contributed by atoms with Gasteiger partial charge in [0.05, 0.1) is 19.4 Å². The number of esters is 1. The lowest BCUT2D eigenvalue weighted by atomic mass is 10.1. The molecule has 1 fully saturated rings. The molecule has 1 unspecified atom stereocenters. The first-order valence-corrected chi connectivity index (χ1v) is 11.0. The standard InChI is InChI=1S/C24H30N4O6/c1-15-14-27(10-11-28(15)22(29)18-6-8-19(33-5)9-7-18)23(30)21-20(16(2)25-17(3)26-21)24(31)34-13-12-32-4/h6-9,15H,10-14H2,1-5H3. The van der Waals surface area contributed by atoms with Crippen LogP contribution in [0.25, 0.3) is 0 Å². The number of benzene rings is 1. The Morgan fingerprint density at radius 3 is 2.32 bits per heavy atom. The molecule has 0 radical (unpaired) electrons. The van der Waals surface area contributed by atoms with Gasteiger partial charge in [0.1, 0.15) is 29.4 Å². The minimum absolute atomic E-state index is 0.00884. The van der Waals surface area contributed by atoms with Gasteiger partial charge in [0.2, 0.25) is 0 Å². The summed E-state index contributed by atoms with van der Waals surface area (Å²) in [7, 11) is 3.07. The molecule has 1 aromatic heterocycles. The predicted octanol–water partition coefficient (Wildman–Crippen LogP) is 1.89. The smallest absolute Gasteiger partial charge is 0.342 e. The third-order valence-corrected chi connectivity index (χ3v) is 5.64. The van der Waals surface area contributed by atoms with Gasteiger partial charge in [-0.15, -0.1) is 0 Å². The van der Waals surface area contributed by atoms with Crippen molar-refractivity contribution in [3.05, 3.63) is 52.6 Å². The maximum atomic E-state index is 13.4. The Balaban J connectivity index is 1.76. The maximum absolute atomic E-state index is 13.4. The summed E-state index contributed by atoms with van der Waals surface area (Å²) in [6.45, 7) is 6.46. The van der Waals surface area contributed by atoms with Crippen LogP contribution in [0.1, 0.15) is 49.6 Å².